The van der Waals surface area contributed by atoms with Crippen molar-refractivity contribution in [2.45, 2.75) is 6.29 Å². The molecule has 11 heteroatoms. The number of carbonyl (C=O) groups excluding carboxylic acids is 1. The molecule has 3 heterocycles. The minimum Gasteiger partial charge on any atom is -0.395 e. The van der Waals surface area contributed by atoms with Crippen LogP contribution < -0.4 is 14.4 Å². The van der Waals surface area contributed by atoms with Crippen LogP contribution in [0.15, 0.2) is 36.7 Å². The smallest absolute Gasteiger partial charge is 0.395 e. The van der Waals surface area contributed by atoms with E-state index in [9.17, 15) is 13.6 Å². The third-order valence-corrected chi connectivity index (χ3v) is 4.60. The summed E-state index contributed by atoms with van der Waals surface area (Å²) in [6, 6.07) is 5.81. The molecule has 0 spiro atoms. The first-order valence-electron chi connectivity index (χ1n) is 7.78. The molecule has 1 aliphatic heterocycles. The van der Waals surface area contributed by atoms with Crippen LogP contribution in [0, 0.1) is 0 Å². The molecule has 3 aromatic rings. The van der Waals surface area contributed by atoms with Gasteiger partial charge in [0.2, 0.25) is 0 Å². The van der Waals surface area contributed by atoms with Crippen molar-refractivity contribution in [2.24, 2.45) is 0 Å². The molecule has 2 aromatic heterocycles. The summed E-state index contributed by atoms with van der Waals surface area (Å²) >= 11 is 12.1. The second-order valence-corrected chi connectivity index (χ2v) is 6.62. The van der Waals surface area contributed by atoms with Gasteiger partial charge >= 0.3 is 6.29 Å². The maximum Gasteiger partial charge on any atom is 0.586 e. The zero-order chi connectivity index (χ0) is 20.1. The number of pyridine rings is 1. The summed E-state index contributed by atoms with van der Waals surface area (Å²) in [5, 5.41) is 6.61. The van der Waals surface area contributed by atoms with Crippen LogP contribution in [0.1, 0.15) is 10.5 Å². The molecule has 0 fully saturated rings. The first-order chi connectivity index (χ1) is 13.2. The molecule has 144 valence electrons. The number of fused-ring (bicyclic) bond motifs is 1. The van der Waals surface area contributed by atoms with Crippen LogP contribution in [0.4, 0.5) is 14.6 Å². The molecule has 0 bridgehead atoms. The van der Waals surface area contributed by atoms with E-state index in [1.165, 1.54) is 36.5 Å². The number of amides is 1. The molecule has 28 heavy (non-hydrogen) atoms. The zero-order valence-corrected chi connectivity index (χ0v) is 15.6. The Bertz CT molecular complexity index is 1070. The fourth-order valence-electron chi connectivity index (χ4n) is 2.63. The molecule has 0 unspecified atom stereocenters. The predicted molar refractivity (Wildman–Crippen MR) is 97.2 cm³/mol. The van der Waals surface area contributed by atoms with Gasteiger partial charge in [-0.2, -0.15) is 5.10 Å². The van der Waals surface area contributed by atoms with Crippen LogP contribution >= 0.6 is 23.2 Å². The van der Waals surface area contributed by atoms with Gasteiger partial charge in [-0.15, -0.1) is 8.78 Å². The Morgan fingerprint density at radius 2 is 1.86 bits per heavy atom. The van der Waals surface area contributed by atoms with Crippen molar-refractivity contribution in [3.8, 4) is 22.6 Å². The normalized spacial score (nSPS) is 14.2. The lowest BCUT2D eigenvalue weighted by Gasteiger charge is -2.16. The Kier molecular flexibility index (Phi) is 4.35. The summed E-state index contributed by atoms with van der Waals surface area (Å²) in [6.45, 7) is 0. The topological polar surface area (TPSA) is 80.3 Å². The van der Waals surface area contributed by atoms with Crippen LogP contribution in [0.2, 0.25) is 10.0 Å². The Labute approximate surface area is 166 Å². The van der Waals surface area contributed by atoms with Crippen molar-refractivity contribution < 1.29 is 23.0 Å². The van der Waals surface area contributed by atoms with E-state index in [-0.39, 0.29) is 27.2 Å². The standard InChI is InChI=1S/C17H10Cl2F2N4O3/c1-25(16(26)15-11(19)7-23-24-15)14-3-2-8(6-22-14)9-4-12-13(5-10(9)18)28-17(20,21)27-12/h2-7H,1H3,(H,23,24). The molecule has 1 N–H and O–H groups in total. The summed E-state index contributed by atoms with van der Waals surface area (Å²) < 4.78 is 35.2. The lowest BCUT2D eigenvalue weighted by Crippen LogP contribution is -2.27. The number of hydrogen-bond acceptors (Lipinski definition) is 5. The predicted octanol–water partition coefficient (Wildman–Crippen LogP) is 4.38. The van der Waals surface area contributed by atoms with E-state index in [2.05, 4.69) is 24.7 Å². The van der Waals surface area contributed by atoms with Gasteiger partial charge in [-0.1, -0.05) is 23.2 Å². The van der Waals surface area contributed by atoms with E-state index >= 15 is 0 Å². The van der Waals surface area contributed by atoms with Crippen molar-refractivity contribution in [3.63, 3.8) is 0 Å². The summed E-state index contributed by atoms with van der Waals surface area (Å²) in [4.78, 5) is 17.9. The lowest BCUT2D eigenvalue weighted by molar-refractivity contribution is -0.286. The summed E-state index contributed by atoms with van der Waals surface area (Å²) in [5.74, 6) is -0.367. The number of nitrogens with zero attached hydrogens (tertiary/aromatic N) is 3. The lowest BCUT2D eigenvalue weighted by atomic mass is 10.1. The minimum atomic E-state index is -3.73. The monoisotopic (exact) mass is 426 g/mol. The van der Waals surface area contributed by atoms with Crippen molar-refractivity contribution in [2.75, 3.05) is 11.9 Å². The van der Waals surface area contributed by atoms with Crippen molar-refractivity contribution >= 4 is 34.9 Å². The van der Waals surface area contributed by atoms with E-state index in [1.54, 1.807) is 12.1 Å². The van der Waals surface area contributed by atoms with Gasteiger partial charge in [0.25, 0.3) is 5.91 Å². The number of nitrogens with one attached hydrogen (secondary N) is 1. The van der Waals surface area contributed by atoms with Gasteiger partial charge in [-0.25, -0.2) is 4.98 Å². The number of H-pyrrole nitrogens is 1. The third kappa shape index (κ3) is 3.23. The van der Waals surface area contributed by atoms with E-state index < -0.39 is 12.2 Å². The molecule has 0 saturated heterocycles. The maximum atomic E-state index is 13.2. The number of aromatic nitrogens is 3. The first kappa shape index (κ1) is 18.5. The second-order valence-electron chi connectivity index (χ2n) is 5.81. The SMILES string of the molecule is CN(C(=O)c1[nH]ncc1Cl)c1ccc(-c2cc3c(cc2Cl)OC(F)(F)O3)cn1. The molecule has 0 aliphatic carbocycles. The number of aromatic amines is 1. The quantitative estimate of drug-likeness (QED) is 0.672. The van der Waals surface area contributed by atoms with Crippen LogP contribution in [-0.2, 0) is 0 Å². The highest BCUT2D eigenvalue weighted by atomic mass is 35.5. The van der Waals surface area contributed by atoms with Gasteiger partial charge in [0.05, 0.1) is 16.2 Å². The average Bonchev–Trinajstić information content (AvgIpc) is 3.20. The average molecular weight is 427 g/mol. The Morgan fingerprint density at radius 1 is 1.14 bits per heavy atom. The second kappa shape index (κ2) is 6.61. The molecule has 0 atom stereocenters. The van der Waals surface area contributed by atoms with Crippen LogP contribution in [0.25, 0.3) is 11.1 Å². The summed E-state index contributed by atoms with van der Waals surface area (Å²) in [7, 11) is 1.52. The molecule has 0 saturated carbocycles. The maximum absolute atomic E-state index is 13.2. The van der Waals surface area contributed by atoms with E-state index in [1.807, 2.05) is 0 Å². The minimum absolute atomic E-state index is 0.130. The van der Waals surface area contributed by atoms with Crippen molar-refractivity contribution in [1.82, 2.24) is 15.2 Å². The van der Waals surface area contributed by atoms with Crippen molar-refractivity contribution in [3.05, 3.63) is 52.4 Å². The van der Waals surface area contributed by atoms with Gasteiger partial charge in [0.1, 0.15) is 11.5 Å². The van der Waals surface area contributed by atoms with Gasteiger partial charge in [0.15, 0.2) is 11.5 Å². The van der Waals surface area contributed by atoms with E-state index in [0.717, 1.165) is 0 Å². The molecular weight excluding hydrogens is 417 g/mol. The fraction of sp³-hybridized carbons (Fsp3) is 0.118. The Morgan fingerprint density at radius 3 is 2.46 bits per heavy atom. The molecule has 7 nitrogen and oxygen atoms in total. The van der Waals surface area contributed by atoms with E-state index in [4.69, 9.17) is 23.2 Å². The third-order valence-electron chi connectivity index (χ3n) is 4.01. The van der Waals surface area contributed by atoms with Gasteiger partial charge in [0, 0.05) is 30.4 Å². The fourth-order valence-corrected chi connectivity index (χ4v) is 3.06. The molecule has 1 aliphatic rings. The summed E-state index contributed by atoms with van der Waals surface area (Å²) in [5.41, 5.74) is 1.09. The molecule has 4 rings (SSSR count). The van der Waals surface area contributed by atoms with Gasteiger partial charge in [-0.05, 0) is 18.2 Å². The zero-order valence-electron chi connectivity index (χ0n) is 14.0. The Hall–Kier alpha value is -2.91. The Balaban J connectivity index is 1.61. The molecule has 0 radical (unpaired) electrons. The van der Waals surface area contributed by atoms with E-state index in [0.29, 0.717) is 16.9 Å². The number of rotatable bonds is 3. The number of halogens is 4. The highest BCUT2D eigenvalue weighted by Crippen LogP contribution is 2.46. The highest BCUT2D eigenvalue weighted by molar-refractivity contribution is 6.34. The van der Waals surface area contributed by atoms with Crippen molar-refractivity contribution in [1.29, 1.82) is 0 Å². The number of hydrogen-bond donors (Lipinski definition) is 1. The molecular formula is C17H10Cl2F2N4O3. The molecule has 1 aromatic carbocycles. The largest absolute Gasteiger partial charge is 0.586 e. The number of carbonyl (C=O) groups is 1. The summed E-state index contributed by atoms with van der Waals surface area (Å²) in [6.07, 6.45) is -0.955. The van der Waals surface area contributed by atoms with Gasteiger partial charge < -0.3 is 9.47 Å². The number of benzene rings is 1. The highest BCUT2D eigenvalue weighted by Gasteiger charge is 2.43. The molecule has 1 amide bonds. The van der Waals surface area contributed by atoms with Crippen LogP contribution in [0.5, 0.6) is 11.5 Å². The number of anilines is 1. The first-order valence-corrected chi connectivity index (χ1v) is 8.53. The van der Waals surface area contributed by atoms with Crippen LogP contribution in [0.3, 0.4) is 0 Å². The number of alkyl halides is 2. The van der Waals surface area contributed by atoms with Crippen LogP contribution in [-0.4, -0.2) is 34.4 Å². The number of ether oxygens (including phenoxy) is 2. The van der Waals surface area contributed by atoms with Gasteiger partial charge in [-0.3, -0.25) is 14.8 Å².